The number of hydrogen-bond acceptors (Lipinski definition) is 4. The Balaban J connectivity index is 1.55. The van der Waals surface area contributed by atoms with Crippen molar-refractivity contribution in [2.75, 3.05) is 18.4 Å². The highest BCUT2D eigenvalue weighted by Crippen LogP contribution is 2.22. The molecule has 3 rings (SSSR count). The van der Waals surface area contributed by atoms with Crippen LogP contribution in [-0.2, 0) is 13.0 Å². The van der Waals surface area contributed by atoms with Gasteiger partial charge in [-0.05, 0) is 18.4 Å². The van der Waals surface area contributed by atoms with Gasteiger partial charge < -0.3 is 15.2 Å². The number of carbonyl (C=O) groups excluding carboxylic acids is 1. The molecule has 2 atom stereocenters. The van der Waals surface area contributed by atoms with E-state index in [0.29, 0.717) is 29.5 Å². The Bertz CT molecular complexity index is 713. The lowest BCUT2D eigenvalue weighted by Gasteiger charge is -2.18. The Morgan fingerprint density at radius 2 is 2.08 bits per heavy atom. The fourth-order valence-electron chi connectivity index (χ4n) is 3.36. The first-order valence-electron chi connectivity index (χ1n) is 8.85. The summed E-state index contributed by atoms with van der Waals surface area (Å²) in [6, 6.07) is 10.4. The standard InChI is InChI=1S/C19H26N4O2/c1-4-17-18(14(3)22-25-17)21-19(24)20-16-12-23(10-13(16)2)11-15-8-6-5-7-9-15/h5-9,13,16H,4,10-12H2,1-3H3,(H2,20,21,24)/t13-,16+/m1/s1. The zero-order chi connectivity index (χ0) is 17.8. The first kappa shape index (κ1) is 17.5. The Kier molecular flexibility index (Phi) is 5.38. The molecule has 0 saturated carbocycles. The van der Waals surface area contributed by atoms with Crippen LogP contribution < -0.4 is 10.6 Å². The van der Waals surface area contributed by atoms with Crippen LogP contribution in [0, 0.1) is 12.8 Å². The van der Waals surface area contributed by atoms with Crippen LogP contribution in [0.1, 0.15) is 30.9 Å². The van der Waals surface area contributed by atoms with Crippen molar-refractivity contribution < 1.29 is 9.32 Å². The van der Waals surface area contributed by atoms with Crippen LogP contribution in [0.2, 0.25) is 0 Å². The highest BCUT2D eigenvalue weighted by molar-refractivity contribution is 5.90. The van der Waals surface area contributed by atoms with E-state index in [4.69, 9.17) is 4.52 Å². The minimum absolute atomic E-state index is 0.133. The first-order valence-corrected chi connectivity index (χ1v) is 8.85. The molecule has 0 aliphatic carbocycles. The number of urea groups is 1. The van der Waals surface area contributed by atoms with E-state index >= 15 is 0 Å². The van der Waals surface area contributed by atoms with Gasteiger partial charge in [0.15, 0.2) is 5.76 Å². The minimum Gasteiger partial charge on any atom is -0.359 e. The second-order valence-corrected chi connectivity index (χ2v) is 6.78. The van der Waals surface area contributed by atoms with E-state index in [1.54, 1.807) is 0 Å². The van der Waals surface area contributed by atoms with Crippen LogP contribution in [0.3, 0.4) is 0 Å². The maximum absolute atomic E-state index is 12.4. The largest absolute Gasteiger partial charge is 0.359 e. The summed E-state index contributed by atoms with van der Waals surface area (Å²) in [5.41, 5.74) is 2.69. The summed E-state index contributed by atoms with van der Waals surface area (Å²) in [6.07, 6.45) is 0.696. The third-order valence-corrected chi connectivity index (χ3v) is 4.75. The van der Waals surface area contributed by atoms with E-state index in [1.165, 1.54) is 5.56 Å². The number of nitrogens with one attached hydrogen (secondary N) is 2. The summed E-state index contributed by atoms with van der Waals surface area (Å²) in [5, 5.41) is 9.92. The average Bonchev–Trinajstić information content (AvgIpc) is 3.11. The lowest BCUT2D eigenvalue weighted by molar-refractivity contribution is 0.246. The van der Waals surface area contributed by atoms with Crippen molar-refractivity contribution in [2.45, 2.75) is 39.8 Å². The van der Waals surface area contributed by atoms with Crippen LogP contribution in [0.15, 0.2) is 34.9 Å². The van der Waals surface area contributed by atoms with Gasteiger partial charge in [0.05, 0.1) is 0 Å². The van der Waals surface area contributed by atoms with Crippen LogP contribution >= 0.6 is 0 Å². The second kappa shape index (κ2) is 7.70. The molecule has 0 spiro atoms. The molecule has 0 unspecified atom stereocenters. The van der Waals surface area contributed by atoms with Crippen molar-refractivity contribution in [2.24, 2.45) is 5.92 Å². The molecular formula is C19H26N4O2. The smallest absolute Gasteiger partial charge is 0.319 e. The molecule has 2 amide bonds. The summed E-state index contributed by atoms with van der Waals surface area (Å²) in [7, 11) is 0. The number of aryl methyl sites for hydroxylation is 2. The number of carbonyl (C=O) groups is 1. The molecule has 1 aromatic heterocycles. The molecule has 2 heterocycles. The lowest BCUT2D eigenvalue weighted by Crippen LogP contribution is -2.42. The topological polar surface area (TPSA) is 70.4 Å². The molecule has 1 aliphatic rings. The molecule has 2 aromatic rings. The second-order valence-electron chi connectivity index (χ2n) is 6.78. The zero-order valence-corrected chi connectivity index (χ0v) is 15.1. The number of hydrogen-bond donors (Lipinski definition) is 2. The molecular weight excluding hydrogens is 316 g/mol. The van der Waals surface area contributed by atoms with Crippen molar-refractivity contribution in [3.63, 3.8) is 0 Å². The number of rotatable bonds is 5. The summed E-state index contributed by atoms with van der Waals surface area (Å²) in [4.78, 5) is 14.8. The molecule has 6 nitrogen and oxygen atoms in total. The Labute approximate surface area is 148 Å². The SMILES string of the molecule is CCc1onc(C)c1NC(=O)N[C@H]1CN(Cc2ccccc2)C[C@H]1C. The van der Waals surface area contributed by atoms with E-state index < -0.39 is 0 Å². The van der Waals surface area contributed by atoms with Gasteiger partial charge in [-0.15, -0.1) is 0 Å². The summed E-state index contributed by atoms with van der Waals surface area (Å²) < 4.78 is 5.22. The molecule has 1 aliphatic heterocycles. The average molecular weight is 342 g/mol. The monoisotopic (exact) mass is 342 g/mol. The molecule has 2 N–H and O–H groups in total. The summed E-state index contributed by atoms with van der Waals surface area (Å²) >= 11 is 0. The number of amides is 2. The van der Waals surface area contributed by atoms with E-state index in [9.17, 15) is 4.79 Å². The van der Waals surface area contributed by atoms with Crippen molar-refractivity contribution in [3.8, 4) is 0 Å². The van der Waals surface area contributed by atoms with Gasteiger partial charge in [-0.2, -0.15) is 0 Å². The minimum atomic E-state index is -0.195. The van der Waals surface area contributed by atoms with Gasteiger partial charge in [-0.1, -0.05) is 49.3 Å². The molecule has 1 aromatic carbocycles. The molecule has 0 bridgehead atoms. The van der Waals surface area contributed by atoms with Gasteiger partial charge in [0.25, 0.3) is 0 Å². The number of likely N-dealkylation sites (tertiary alicyclic amines) is 1. The predicted octanol–water partition coefficient (Wildman–Crippen LogP) is 3.19. The quantitative estimate of drug-likeness (QED) is 0.875. The first-order chi connectivity index (χ1) is 12.1. The van der Waals surface area contributed by atoms with Crippen molar-refractivity contribution in [1.82, 2.24) is 15.4 Å². The maximum atomic E-state index is 12.4. The van der Waals surface area contributed by atoms with Crippen LogP contribution in [0.25, 0.3) is 0 Å². The van der Waals surface area contributed by atoms with Crippen molar-refractivity contribution in [3.05, 3.63) is 47.3 Å². The van der Waals surface area contributed by atoms with Crippen molar-refractivity contribution >= 4 is 11.7 Å². The molecule has 134 valence electrons. The summed E-state index contributed by atoms with van der Waals surface area (Å²) in [5.74, 6) is 1.11. The van der Waals surface area contributed by atoms with E-state index in [2.05, 4.69) is 51.9 Å². The van der Waals surface area contributed by atoms with Gasteiger partial charge in [-0.25, -0.2) is 4.79 Å². The van der Waals surface area contributed by atoms with Crippen molar-refractivity contribution in [1.29, 1.82) is 0 Å². The van der Waals surface area contributed by atoms with Gasteiger partial charge >= 0.3 is 6.03 Å². The third kappa shape index (κ3) is 4.20. The van der Waals surface area contributed by atoms with Crippen LogP contribution in [0.4, 0.5) is 10.5 Å². The number of nitrogens with zero attached hydrogens (tertiary/aromatic N) is 2. The van der Waals surface area contributed by atoms with Gasteiger partial charge in [0, 0.05) is 32.1 Å². The highest BCUT2D eigenvalue weighted by atomic mass is 16.5. The fraction of sp³-hybridized carbons (Fsp3) is 0.474. The zero-order valence-electron chi connectivity index (χ0n) is 15.1. The van der Waals surface area contributed by atoms with E-state index in [-0.39, 0.29) is 12.1 Å². The number of aromatic nitrogens is 1. The van der Waals surface area contributed by atoms with E-state index in [0.717, 1.165) is 19.6 Å². The highest BCUT2D eigenvalue weighted by Gasteiger charge is 2.31. The molecule has 1 saturated heterocycles. The summed E-state index contributed by atoms with van der Waals surface area (Å²) in [6.45, 7) is 8.73. The molecule has 6 heteroatoms. The van der Waals surface area contributed by atoms with Crippen LogP contribution in [-0.4, -0.2) is 35.2 Å². The number of benzene rings is 1. The molecule has 25 heavy (non-hydrogen) atoms. The Morgan fingerprint density at radius 1 is 1.32 bits per heavy atom. The number of anilines is 1. The van der Waals surface area contributed by atoms with Gasteiger partial charge in [-0.3, -0.25) is 4.90 Å². The molecule has 1 fully saturated rings. The molecule has 0 radical (unpaired) electrons. The van der Waals surface area contributed by atoms with Crippen LogP contribution in [0.5, 0.6) is 0 Å². The third-order valence-electron chi connectivity index (χ3n) is 4.75. The van der Waals surface area contributed by atoms with Gasteiger partial charge in [0.2, 0.25) is 0 Å². The van der Waals surface area contributed by atoms with E-state index in [1.807, 2.05) is 19.9 Å². The van der Waals surface area contributed by atoms with Gasteiger partial charge in [0.1, 0.15) is 11.4 Å². The Morgan fingerprint density at radius 3 is 2.80 bits per heavy atom. The lowest BCUT2D eigenvalue weighted by atomic mass is 10.1. The maximum Gasteiger partial charge on any atom is 0.319 e. The normalized spacial score (nSPS) is 20.6. The Hall–Kier alpha value is -2.34. The fourth-order valence-corrected chi connectivity index (χ4v) is 3.36. The predicted molar refractivity (Wildman–Crippen MR) is 97.4 cm³/mol.